The van der Waals surface area contributed by atoms with Gasteiger partial charge in [-0.2, -0.15) is 9.61 Å². The van der Waals surface area contributed by atoms with Gasteiger partial charge in [0.2, 0.25) is 4.96 Å². The zero-order chi connectivity index (χ0) is 18.3. The van der Waals surface area contributed by atoms with E-state index >= 15 is 0 Å². The lowest BCUT2D eigenvalue weighted by atomic mass is 10.0. The summed E-state index contributed by atoms with van der Waals surface area (Å²) in [5, 5.41) is 5.37. The van der Waals surface area contributed by atoms with E-state index < -0.39 is 0 Å². The van der Waals surface area contributed by atoms with Gasteiger partial charge in [-0.25, -0.2) is 9.37 Å². The number of hydrogen-bond acceptors (Lipinski definition) is 4. The average molecular weight is 365 g/mol. The molecule has 6 heteroatoms. The molecule has 0 bridgehead atoms. The summed E-state index contributed by atoms with van der Waals surface area (Å²) in [7, 11) is 0. The lowest BCUT2D eigenvalue weighted by Gasteiger charge is -2.04. The standard InChI is InChI=1S/C20H16FN3OS/c1-12-3-8-16(13(2)9-12)19-17(11-25)24-20(22-19)26-18(23-24)10-14-4-6-15(21)7-5-14/h3-9,11H,10H2,1-2H3. The number of hydrogen-bond donors (Lipinski definition) is 0. The minimum Gasteiger partial charge on any atom is -0.296 e. The highest BCUT2D eigenvalue weighted by atomic mass is 32.1. The minimum atomic E-state index is -0.260. The molecule has 0 fully saturated rings. The Morgan fingerprint density at radius 2 is 1.92 bits per heavy atom. The van der Waals surface area contributed by atoms with Crippen molar-refractivity contribution >= 4 is 22.6 Å². The molecule has 0 atom stereocenters. The van der Waals surface area contributed by atoms with Crippen LogP contribution in [0.5, 0.6) is 0 Å². The number of nitrogens with zero attached hydrogens (tertiary/aromatic N) is 3. The number of carbonyl (C=O) groups excluding carboxylic acids is 1. The van der Waals surface area contributed by atoms with Crippen molar-refractivity contribution < 1.29 is 9.18 Å². The number of aryl methyl sites for hydroxylation is 2. The Bertz CT molecular complexity index is 1110. The third-order valence-corrected chi connectivity index (χ3v) is 5.21. The largest absolute Gasteiger partial charge is 0.296 e. The summed E-state index contributed by atoms with van der Waals surface area (Å²) >= 11 is 1.44. The smallest absolute Gasteiger partial charge is 0.213 e. The maximum atomic E-state index is 13.0. The number of carbonyl (C=O) groups is 1. The van der Waals surface area contributed by atoms with Crippen molar-refractivity contribution in [1.29, 1.82) is 0 Å². The summed E-state index contributed by atoms with van der Waals surface area (Å²) in [6, 6.07) is 12.4. The fourth-order valence-corrected chi connectivity index (χ4v) is 3.97. The highest BCUT2D eigenvalue weighted by Crippen LogP contribution is 2.29. The van der Waals surface area contributed by atoms with Gasteiger partial charge in [0.25, 0.3) is 0 Å². The number of benzene rings is 2. The van der Waals surface area contributed by atoms with E-state index in [9.17, 15) is 9.18 Å². The first-order valence-electron chi connectivity index (χ1n) is 8.21. The zero-order valence-electron chi connectivity index (χ0n) is 14.4. The van der Waals surface area contributed by atoms with E-state index in [2.05, 4.69) is 16.1 Å². The molecule has 0 spiro atoms. The van der Waals surface area contributed by atoms with Gasteiger partial charge in [-0.3, -0.25) is 4.79 Å². The summed E-state index contributed by atoms with van der Waals surface area (Å²) in [6.45, 7) is 4.05. The predicted octanol–water partition coefficient (Wildman–Crippen LogP) is 4.62. The van der Waals surface area contributed by atoms with E-state index in [1.54, 1.807) is 16.6 Å². The van der Waals surface area contributed by atoms with Gasteiger partial charge in [0.15, 0.2) is 6.29 Å². The summed E-state index contributed by atoms with van der Waals surface area (Å²) in [5.41, 5.74) is 5.25. The molecule has 0 radical (unpaired) electrons. The molecule has 26 heavy (non-hydrogen) atoms. The molecule has 0 saturated heterocycles. The van der Waals surface area contributed by atoms with Crippen LogP contribution in [-0.2, 0) is 6.42 Å². The molecule has 0 N–H and O–H groups in total. The summed E-state index contributed by atoms with van der Waals surface area (Å²) in [4.78, 5) is 17.0. The van der Waals surface area contributed by atoms with Crippen LogP contribution in [0.2, 0.25) is 0 Å². The molecule has 0 saturated carbocycles. The molecule has 0 unspecified atom stereocenters. The maximum absolute atomic E-state index is 13.0. The van der Waals surface area contributed by atoms with E-state index in [4.69, 9.17) is 0 Å². The SMILES string of the molecule is Cc1ccc(-c2nc3sc(Cc4ccc(F)cc4)nn3c2C=O)c(C)c1. The van der Waals surface area contributed by atoms with Crippen molar-refractivity contribution in [2.24, 2.45) is 0 Å². The molecule has 2 aromatic carbocycles. The molecule has 4 nitrogen and oxygen atoms in total. The van der Waals surface area contributed by atoms with Crippen molar-refractivity contribution in [3.63, 3.8) is 0 Å². The number of aldehydes is 1. The molecular weight excluding hydrogens is 349 g/mol. The van der Waals surface area contributed by atoms with Crippen LogP contribution in [0.15, 0.2) is 42.5 Å². The highest BCUT2D eigenvalue weighted by Gasteiger charge is 2.19. The highest BCUT2D eigenvalue weighted by molar-refractivity contribution is 7.16. The predicted molar refractivity (Wildman–Crippen MR) is 100 cm³/mol. The first-order valence-corrected chi connectivity index (χ1v) is 9.02. The maximum Gasteiger partial charge on any atom is 0.213 e. The minimum absolute atomic E-state index is 0.260. The van der Waals surface area contributed by atoms with Gasteiger partial charge in [-0.15, -0.1) is 0 Å². The van der Waals surface area contributed by atoms with Crippen molar-refractivity contribution in [1.82, 2.24) is 14.6 Å². The fraction of sp³-hybridized carbons (Fsp3) is 0.150. The second-order valence-corrected chi connectivity index (χ2v) is 7.32. The first-order chi connectivity index (χ1) is 12.5. The van der Waals surface area contributed by atoms with Crippen LogP contribution in [0.3, 0.4) is 0 Å². The van der Waals surface area contributed by atoms with Gasteiger partial charge in [-0.1, -0.05) is 47.2 Å². The Labute approximate surface area is 153 Å². The Morgan fingerprint density at radius 1 is 1.15 bits per heavy atom. The van der Waals surface area contributed by atoms with Gasteiger partial charge in [-0.05, 0) is 37.1 Å². The molecule has 130 valence electrons. The Morgan fingerprint density at radius 3 is 2.62 bits per heavy atom. The van der Waals surface area contributed by atoms with Crippen LogP contribution in [-0.4, -0.2) is 20.9 Å². The monoisotopic (exact) mass is 365 g/mol. The van der Waals surface area contributed by atoms with Crippen molar-refractivity contribution in [2.45, 2.75) is 20.3 Å². The van der Waals surface area contributed by atoms with Crippen LogP contribution >= 0.6 is 11.3 Å². The fourth-order valence-electron chi connectivity index (χ4n) is 3.04. The van der Waals surface area contributed by atoms with Crippen LogP contribution in [0, 0.1) is 19.7 Å². The molecule has 4 rings (SSSR count). The normalized spacial score (nSPS) is 11.2. The molecule has 0 amide bonds. The second-order valence-electron chi connectivity index (χ2n) is 6.28. The molecule has 4 aromatic rings. The second kappa shape index (κ2) is 6.46. The van der Waals surface area contributed by atoms with Gasteiger partial charge in [0.05, 0.1) is 0 Å². The van der Waals surface area contributed by atoms with Crippen molar-refractivity contribution in [2.75, 3.05) is 0 Å². The Hall–Kier alpha value is -2.86. The molecule has 0 aliphatic rings. The zero-order valence-corrected chi connectivity index (χ0v) is 15.2. The molecule has 0 aliphatic carbocycles. The quantitative estimate of drug-likeness (QED) is 0.496. The topological polar surface area (TPSA) is 47.3 Å². The number of aromatic nitrogens is 3. The van der Waals surface area contributed by atoms with Gasteiger partial charge < -0.3 is 0 Å². The summed E-state index contributed by atoms with van der Waals surface area (Å²) < 4.78 is 14.6. The van der Waals surface area contributed by atoms with Crippen LogP contribution in [0.25, 0.3) is 16.2 Å². The Balaban J connectivity index is 1.75. The van der Waals surface area contributed by atoms with Crippen molar-refractivity contribution in [3.05, 3.63) is 75.7 Å². The number of rotatable bonds is 4. The Kier molecular flexibility index (Phi) is 4.12. The van der Waals surface area contributed by atoms with E-state index in [1.807, 2.05) is 26.0 Å². The third kappa shape index (κ3) is 2.93. The van der Waals surface area contributed by atoms with Crippen molar-refractivity contribution in [3.8, 4) is 11.3 Å². The van der Waals surface area contributed by atoms with Crippen LogP contribution in [0.1, 0.15) is 32.2 Å². The van der Waals surface area contributed by atoms with E-state index in [0.29, 0.717) is 22.8 Å². The van der Waals surface area contributed by atoms with Gasteiger partial charge >= 0.3 is 0 Å². The first kappa shape index (κ1) is 16.6. The van der Waals surface area contributed by atoms with Gasteiger partial charge in [0, 0.05) is 12.0 Å². The van der Waals surface area contributed by atoms with Crippen LogP contribution < -0.4 is 0 Å². The average Bonchev–Trinajstić information content (AvgIpc) is 3.13. The number of fused-ring (bicyclic) bond motifs is 1. The van der Waals surface area contributed by atoms with E-state index in [-0.39, 0.29) is 5.82 Å². The van der Waals surface area contributed by atoms with E-state index in [0.717, 1.165) is 28.0 Å². The molecule has 2 aromatic heterocycles. The number of imidazole rings is 1. The summed E-state index contributed by atoms with van der Waals surface area (Å²) in [5.74, 6) is -0.260. The van der Waals surface area contributed by atoms with Gasteiger partial charge in [0.1, 0.15) is 22.2 Å². The van der Waals surface area contributed by atoms with Crippen LogP contribution in [0.4, 0.5) is 4.39 Å². The summed E-state index contributed by atoms with van der Waals surface area (Å²) in [6.07, 6.45) is 1.38. The molecule has 0 aliphatic heterocycles. The lowest BCUT2D eigenvalue weighted by Crippen LogP contribution is -1.97. The van der Waals surface area contributed by atoms with E-state index in [1.165, 1.54) is 29.0 Å². The number of halogens is 1. The third-order valence-electron chi connectivity index (χ3n) is 4.30. The molecule has 2 heterocycles. The molecular formula is C20H16FN3OS. The lowest BCUT2D eigenvalue weighted by molar-refractivity contribution is 0.111.